The quantitative estimate of drug-likeness (QED) is 0.730. The van der Waals surface area contributed by atoms with Crippen LogP contribution < -0.4 is 10.6 Å². The molecule has 0 atom stereocenters. The Morgan fingerprint density at radius 2 is 2.00 bits per heavy atom. The van der Waals surface area contributed by atoms with Crippen LogP contribution in [0, 0.1) is 0 Å². The number of aryl methyl sites for hydroxylation is 1. The van der Waals surface area contributed by atoms with Crippen LogP contribution in [-0.4, -0.2) is 35.3 Å². The molecule has 0 spiro atoms. The summed E-state index contributed by atoms with van der Waals surface area (Å²) in [5, 5.41) is 10.4. The second-order valence-corrected chi connectivity index (χ2v) is 4.83. The molecule has 6 heteroatoms. The van der Waals surface area contributed by atoms with Gasteiger partial charge in [-0.05, 0) is 30.7 Å². The zero-order valence-corrected chi connectivity index (χ0v) is 13.6. The number of amides is 1. The second-order valence-electron chi connectivity index (χ2n) is 4.83. The van der Waals surface area contributed by atoms with Gasteiger partial charge in [0, 0.05) is 25.7 Å². The van der Waals surface area contributed by atoms with Crippen molar-refractivity contribution < 1.29 is 4.79 Å². The summed E-state index contributed by atoms with van der Waals surface area (Å²) >= 11 is 0. The summed E-state index contributed by atoms with van der Waals surface area (Å²) in [5.74, 6) is 0.0837. The first-order chi connectivity index (χ1) is 10.3. The molecule has 2 aromatic rings. The number of nitrogens with one attached hydrogen (secondary N) is 2. The van der Waals surface area contributed by atoms with E-state index < -0.39 is 0 Å². The third kappa shape index (κ3) is 5.87. The van der Waals surface area contributed by atoms with Crippen LogP contribution in [0.5, 0.6) is 0 Å². The van der Waals surface area contributed by atoms with Gasteiger partial charge >= 0.3 is 0 Å². The lowest BCUT2D eigenvalue weighted by atomic mass is 10.2. The Labute approximate surface area is 137 Å². The lowest BCUT2D eigenvalue weighted by molar-refractivity contribution is -0.121. The number of halogens is 1. The van der Waals surface area contributed by atoms with Gasteiger partial charge in [-0.3, -0.25) is 4.79 Å². The average molecular weight is 323 g/mol. The third-order valence-corrected chi connectivity index (χ3v) is 3.17. The summed E-state index contributed by atoms with van der Waals surface area (Å²) in [6, 6.07) is 9.95. The molecule has 0 bridgehead atoms. The summed E-state index contributed by atoms with van der Waals surface area (Å²) in [7, 11) is 0. The molecule has 0 aliphatic rings. The van der Waals surface area contributed by atoms with E-state index in [-0.39, 0.29) is 18.3 Å². The third-order valence-electron chi connectivity index (χ3n) is 3.17. The van der Waals surface area contributed by atoms with Crippen LogP contribution in [0.2, 0.25) is 0 Å². The molecule has 2 rings (SSSR count). The topological polar surface area (TPSA) is 58.9 Å². The van der Waals surface area contributed by atoms with Crippen LogP contribution in [-0.2, 0) is 11.2 Å². The summed E-state index contributed by atoms with van der Waals surface area (Å²) in [6.45, 7) is 4.46. The fourth-order valence-electron chi connectivity index (χ4n) is 2.02. The minimum Gasteiger partial charge on any atom is -0.355 e. The van der Waals surface area contributed by atoms with Gasteiger partial charge in [-0.15, -0.1) is 12.4 Å². The predicted octanol–water partition coefficient (Wildman–Crippen LogP) is 1.95. The maximum atomic E-state index is 11.7. The van der Waals surface area contributed by atoms with Gasteiger partial charge in [0.1, 0.15) is 0 Å². The minimum absolute atomic E-state index is 0. The number of aromatic nitrogens is 2. The van der Waals surface area contributed by atoms with E-state index in [9.17, 15) is 4.79 Å². The lowest BCUT2D eigenvalue weighted by Crippen LogP contribution is -2.31. The van der Waals surface area contributed by atoms with Crippen molar-refractivity contribution in [2.45, 2.75) is 19.8 Å². The first-order valence-electron chi connectivity index (χ1n) is 7.36. The molecule has 5 nitrogen and oxygen atoms in total. The Morgan fingerprint density at radius 1 is 1.23 bits per heavy atom. The Morgan fingerprint density at radius 3 is 2.73 bits per heavy atom. The van der Waals surface area contributed by atoms with Crippen LogP contribution in [0.15, 0.2) is 42.7 Å². The molecule has 22 heavy (non-hydrogen) atoms. The van der Waals surface area contributed by atoms with E-state index in [0.29, 0.717) is 19.4 Å². The number of para-hydroxylation sites is 1. The number of carbonyl (C=O) groups excluding carboxylic acids is 1. The van der Waals surface area contributed by atoms with E-state index in [1.165, 1.54) is 0 Å². The number of benzene rings is 1. The zero-order chi connectivity index (χ0) is 14.9. The molecule has 0 radical (unpaired) electrons. The van der Waals surface area contributed by atoms with Crippen molar-refractivity contribution in [1.82, 2.24) is 20.4 Å². The van der Waals surface area contributed by atoms with E-state index in [1.807, 2.05) is 54.3 Å². The van der Waals surface area contributed by atoms with E-state index in [1.54, 1.807) is 0 Å². The molecule has 2 N–H and O–H groups in total. The molecule has 0 unspecified atom stereocenters. The number of nitrogens with zero attached hydrogens (tertiary/aromatic N) is 2. The zero-order valence-electron chi connectivity index (χ0n) is 12.8. The first-order valence-corrected chi connectivity index (χ1v) is 7.36. The highest BCUT2D eigenvalue weighted by molar-refractivity contribution is 5.85. The summed E-state index contributed by atoms with van der Waals surface area (Å²) in [5.41, 5.74) is 2.10. The molecule has 0 saturated carbocycles. The van der Waals surface area contributed by atoms with Crippen LogP contribution >= 0.6 is 12.4 Å². The minimum atomic E-state index is 0. The number of rotatable bonds is 8. The van der Waals surface area contributed by atoms with E-state index in [2.05, 4.69) is 15.7 Å². The Kier molecular flexibility index (Phi) is 8.25. The lowest BCUT2D eigenvalue weighted by Gasteiger charge is -2.04. The van der Waals surface area contributed by atoms with Gasteiger partial charge in [0.05, 0.1) is 11.9 Å². The highest BCUT2D eigenvalue weighted by Crippen LogP contribution is 2.08. The molecule has 1 amide bonds. The fourth-order valence-corrected chi connectivity index (χ4v) is 2.02. The molecule has 0 aliphatic carbocycles. The molecule has 1 heterocycles. The SMILES string of the molecule is CCNCCNC(=O)CCc1cnn(-c2ccccc2)c1.Cl. The second kappa shape index (κ2) is 9.97. The van der Waals surface area contributed by atoms with Gasteiger partial charge in [-0.25, -0.2) is 4.68 Å². The molecule has 1 aromatic carbocycles. The van der Waals surface area contributed by atoms with Crippen molar-refractivity contribution in [2.75, 3.05) is 19.6 Å². The highest BCUT2D eigenvalue weighted by atomic mass is 35.5. The highest BCUT2D eigenvalue weighted by Gasteiger charge is 2.04. The summed E-state index contributed by atoms with van der Waals surface area (Å²) in [6.07, 6.45) is 4.99. The largest absolute Gasteiger partial charge is 0.355 e. The number of hydrogen-bond donors (Lipinski definition) is 2. The van der Waals surface area contributed by atoms with Gasteiger partial charge in [0.15, 0.2) is 0 Å². The monoisotopic (exact) mass is 322 g/mol. The van der Waals surface area contributed by atoms with Crippen molar-refractivity contribution in [3.63, 3.8) is 0 Å². The van der Waals surface area contributed by atoms with Crippen molar-refractivity contribution >= 4 is 18.3 Å². The van der Waals surface area contributed by atoms with Crippen molar-refractivity contribution in [3.8, 4) is 5.69 Å². The maximum Gasteiger partial charge on any atom is 0.220 e. The van der Waals surface area contributed by atoms with E-state index in [4.69, 9.17) is 0 Å². The molecular weight excluding hydrogens is 300 g/mol. The normalized spacial score (nSPS) is 10.0. The van der Waals surface area contributed by atoms with Gasteiger partial charge < -0.3 is 10.6 Å². The Balaban J connectivity index is 0.00000242. The van der Waals surface area contributed by atoms with Crippen LogP contribution in [0.1, 0.15) is 18.9 Å². The standard InChI is InChI=1S/C16H22N4O.ClH/c1-2-17-10-11-18-16(21)9-8-14-12-19-20(13-14)15-6-4-3-5-7-15;/h3-7,12-13,17H,2,8-11H2,1H3,(H,18,21);1H. The number of hydrogen-bond acceptors (Lipinski definition) is 3. The van der Waals surface area contributed by atoms with Gasteiger partial charge in [0.2, 0.25) is 5.91 Å². The Bertz CT molecular complexity index is 556. The molecule has 0 aliphatic heterocycles. The van der Waals surface area contributed by atoms with Crippen molar-refractivity contribution in [1.29, 1.82) is 0 Å². The molecule has 0 saturated heterocycles. The van der Waals surface area contributed by atoms with Crippen molar-refractivity contribution in [3.05, 3.63) is 48.3 Å². The van der Waals surface area contributed by atoms with Crippen LogP contribution in [0.4, 0.5) is 0 Å². The van der Waals surface area contributed by atoms with Gasteiger partial charge in [0.25, 0.3) is 0 Å². The maximum absolute atomic E-state index is 11.7. The van der Waals surface area contributed by atoms with Gasteiger partial charge in [-0.2, -0.15) is 5.10 Å². The summed E-state index contributed by atoms with van der Waals surface area (Å²) in [4.78, 5) is 11.7. The first kappa shape index (κ1) is 18.2. The predicted molar refractivity (Wildman–Crippen MR) is 90.7 cm³/mol. The molecular formula is C16H23ClN4O. The number of carbonyl (C=O) groups is 1. The van der Waals surface area contributed by atoms with Crippen LogP contribution in [0.25, 0.3) is 5.69 Å². The van der Waals surface area contributed by atoms with E-state index in [0.717, 1.165) is 24.3 Å². The van der Waals surface area contributed by atoms with Crippen LogP contribution in [0.3, 0.4) is 0 Å². The van der Waals surface area contributed by atoms with Gasteiger partial charge in [-0.1, -0.05) is 25.1 Å². The average Bonchev–Trinajstić information content (AvgIpc) is 2.99. The Hall–Kier alpha value is -1.85. The number of likely N-dealkylation sites (N-methyl/N-ethyl adjacent to an activating group) is 1. The van der Waals surface area contributed by atoms with Crippen molar-refractivity contribution in [2.24, 2.45) is 0 Å². The molecule has 0 fully saturated rings. The smallest absolute Gasteiger partial charge is 0.220 e. The van der Waals surface area contributed by atoms with E-state index >= 15 is 0 Å². The molecule has 120 valence electrons. The fraction of sp³-hybridized carbons (Fsp3) is 0.375. The summed E-state index contributed by atoms with van der Waals surface area (Å²) < 4.78 is 1.83. The molecule has 1 aromatic heterocycles.